The molecule has 0 aliphatic carbocycles. The average molecular weight is 261 g/mol. The van der Waals surface area contributed by atoms with E-state index in [1.165, 1.54) is 16.9 Å². The Hall–Kier alpha value is -0.910. The molecule has 0 saturated carbocycles. The van der Waals surface area contributed by atoms with E-state index in [-0.39, 0.29) is 0 Å². The fourth-order valence-electron chi connectivity index (χ4n) is 1.67. The van der Waals surface area contributed by atoms with Gasteiger partial charge in [0.2, 0.25) is 0 Å². The Labute approximate surface area is 116 Å². The third-order valence-corrected chi connectivity index (χ3v) is 3.81. The van der Waals surface area contributed by atoms with Crippen LogP contribution in [0, 0.1) is 18.8 Å². The quantitative estimate of drug-likeness (QED) is 0.591. The van der Waals surface area contributed by atoms with Crippen molar-refractivity contribution < 1.29 is 0 Å². The maximum atomic E-state index is 3.57. The van der Waals surface area contributed by atoms with Crippen LogP contribution in [0.25, 0.3) is 0 Å². The minimum atomic E-state index is 0.489. The molecular weight excluding hydrogens is 238 g/mol. The van der Waals surface area contributed by atoms with Crippen molar-refractivity contribution in [2.75, 3.05) is 12.3 Å². The van der Waals surface area contributed by atoms with E-state index < -0.39 is 0 Å². The van der Waals surface area contributed by atoms with Crippen molar-refractivity contribution in [3.8, 4) is 11.8 Å². The minimum absolute atomic E-state index is 0.489. The first-order valence-electron chi connectivity index (χ1n) is 6.58. The van der Waals surface area contributed by atoms with Crippen LogP contribution in [0.3, 0.4) is 0 Å². The Kier molecular flexibility index (Phi) is 7.64. The molecule has 1 N–H and O–H groups in total. The Bertz CT molecular complexity index is 403. The van der Waals surface area contributed by atoms with Crippen LogP contribution in [-0.4, -0.2) is 18.3 Å². The number of aryl methyl sites for hydroxylation is 1. The fourth-order valence-corrected chi connectivity index (χ4v) is 2.74. The van der Waals surface area contributed by atoms with Gasteiger partial charge in [-0.2, -0.15) is 0 Å². The van der Waals surface area contributed by atoms with E-state index in [1.54, 1.807) is 0 Å². The summed E-state index contributed by atoms with van der Waals surface area (Å²) in [5, 5.41) is 3.57. The van der Waals surface area contributed by atoms with E-state index >= 15 is 0 Å². The van der Waals surface area contributed by atoms with Gasteiger partial charge >= 0.3 is 0 Å². The molecular formula is C16H23NS. The summed E-state index contributed by atoms with van der Waals surface area (Å²) in [5.74, 6) is 7.24. The molecule has 0 aliphatic rings. The SMILES string of the molecule is CC#CCC(CSc1cccc(C)c1)NCCC. The lowest BCUT2D eigenvalue weighted by Gasteiger charge is -2.15. The predicted molar refractivity (Wildman–Crippen MR) is 82.1 cm³/mol. The highest BCUT2D eigenvalue weighted by Gasteiger charge is 2.06. The number of rotatable bonds is 7. The molecule has 0 heterocycles. The maximum absolute atomic E-state index is 3.57. The molecule has 98 valence electrons. The van der Waals surface area contributed by atoms with E-state index in [0.717, 1.165) is 18.7 Å². The summed E-state index contributed by atoms with van der Waals surface area (Å²) < 4.78 is 0. The van der Waals surface area contributed by atoms with Gasteiger partial charge < -0.3 is 5.32 Å². The number of thioether (sulfide) groups is 1. The van der Waals surface area contributed by atoms with E-state index in [1.807, 2.05) is 18.7 Å². The summed E-state index contributed by atoms with van der Waals surface area (Å²) in [6.07, 6.45) is 2.11. The van der Waals surface area contributed by atoms with Gasteiger partial charge in [-0.05, 0) is 38.9 Å². The van der Waals surface area contributed by atoms with Crippen LogP contribution in [0.2, 0.25) is 0 Å². The number of hydrogen-bond acceptors (Lipinski definition) is 2. The van der Waals surface area contributed by atoms with E-state index in [0.29, 0.717) is 6.04 Å². The lowest BCUT2D eigenvalue weighted by atomic mass is 10.2. The highest BCUT2D eigenvalue weighted by molar-refractivity contribution is 7.99. The average Bonchev–Trinajstić information content (AvgIpc) is 2.38. The Morgan fingerprint density at radius 2 is 2.22 bits per heavy atom. The van der Waals surface area contributed by atoms with Gasteiger partial charge in [0.1, 0.15) is 0 Å². The first kappa shape index (κ1) is 15.1. The smallest absolute Gasteiger partial charge is 0.0271 e. The molecule has 0 spiro atoms. The minimum Gasteiger partial charge on any atom is -0.312 e. The summed E-state index contributed by atoms with van der Waals surface area (Å²) in [7, 11) is 0. The standard InChI is InChI=1S/C16H23NS/c1-4-6-9-15(17-11-5-2)13-18-16-10-7-8-14(3)12-16/h7-8,10,12,15,17H,5,9,11,13H2,1-3H3. The maximum Gasteiger partial charge on any atom is 0.0271 e. The lowest BCUT2D eigenvalue weighted by Crippen LogP contribution is -2.31. The van der Waals surface area contributed by atoms with Crippen molar-refractivity contribution >= 4 is 11.8 Å². The number of nitrogens with one attached hydrogen (secondary N) is 1. The van der Waals surface area contributed by atoms with Gasteiger partial charge in [0, 0.05) is 23.1 Å². The second-order valence-electron chi connectivity index (χ2n) is 4.41. The van der Waals surface area contributed by atoms with E-state index in [4.69, 9.17) is 0 Å². The topological polar surface area (TPSA) is 12.0 Å². The molecule has 1 rings (SSSR count). The number of benzene rings is 1. The van der Waals surface area contributed by atoms with Gasteiger partial charge in [-0.1, -0.05) is 24.6 Å². The van der Waals surface area contributed by atoms with Crippen molar-refractivity contribution in [2.24, 2.45) is 0 Å². The Morgan fingerprint density at radius 3 is 2.89 bits per heavy atom. The normalized spacial score (nSPS) is 11.7. The van der Waals surface area contributed by atoms with Gasteiger partial charge in [0.15, 0.2) is 0 Å². The van der Waals surface area contributed by atoms with Gasteiger partial charge in [0.25, 0.3) is 0 Å². The molecule has 1 nitrogen and oxygen atoms in total. The third-order valence-electron chi connectivity index (χ3n) is 2.65. The second-order valence-corrected chi connectivity index (χ2v) is 5.50. The van der Waals surface area contributed by atoms with Crippen molar-refractivity contribution in [1.82, 2.24) is 5.32 Å². The van der Waals surface area contributed by atoms with Gasteiger partial charge in [-0.25, -0.2) is 0 Å². The van der Waals surface area contributed by atoms with Gasteiger partial charge in [-0.15, -0.1) is 23.6 Å². The van der Waals surface area contributed by atoms with E-state index in [9.17, 15) is 0 Å². The molecule has 18 heavy (non-hydrogen) atoms. The molecule has 0 amide bonds. The Morgan fingerprint density at radius 1 is 1.39 bits per heavy atom. The largest absolute Gasteiger partial charge is 0.312 e. The molecule has 2 heteroatoms. The molecule has 0 fully saturated rings. The molecule has 1 aromatic carbocycles. The van der Waals surface area contributed by atoms with Crippen LogP contribution in [0.15, 0.2) is 29.2 Å². The molecule has 1 unspecified atom stereocenters. The molecule has 0 bridgehead atoms. The monoisotopic (exact) mass is 261 g/mol. The summed E-state index contributed by atoms with van der Waals surface area (Å²) in [6.45, 7) is 7.32. The van der Waals surface area contributed by atoms with Crippen LogP contribution >= 0.6 is 11.8 Å². The van der Waals surface area contributed by atoms with Crippen LogP contribution in [0.1, 0.15) is 32.3 Å². The zero-order chi connectivity index (χ0) is 13.2. The van der Waals surface area contributed by atoms with Crippen molar-refractivity contribution in [3.63, 3.8) is 0 Å². The van der Waals surface area contributed by atoms with E-state index in [2.05, 4.69) is 55.3 Å². The highest BCUT2D eigenvalue weighted by atomic mass is 32.2. The summed E-state index contributed by atoms with van der Waals surface area (Å²) in [6, 6.07) is 9.17. The molecule has 1 aromatic rings. The molecule has 0 aromatic heterocycles. The summed E-state index contributed by atoms with van der Waals surface area (Å²) >= 11 is 1.91. The van der Waals surface area contributed by atoms with Gasteiger partial charge in [0.05, 0.1) is 0 Å². The third kappa shape index (κ3) is 6.14. The molecule has 0 saturated heterocycles. The van der Waals surface area contributed by atoms with Crippen LogP contribution < -0.4 is 5.32 Å². The van der Waals surface area contributed by atoms with Gasteiger partial charge in [-0.3, -0.25) is 0 Å². The van der Waals surface area contributed by atoms with Crippen molar-refractivity contribution in [3.05, 3.63) is 29.8 Å². The first-order valence-corrected chi connectivity index (χ1v) is 7.57. The van der Waals surface area contributed by atoms with Crippen molar-refractivity contribution in [2.45, 2.75) is 44.6 Å². The van der Waals surface area contributed by atoms with Crippen molar-refractivity contribution in [1.29, 1.82) is 0 Å². The van der Waals surface area contributed by atoms with Crippen LogP contribution in [-0.2, 0) is 0 Å². The fraction of sp³-hybridized carbons (Fsp3) is 0.500. The molecule has 0 radical (unpaired) electrons. The second kappa shape index (κ2) is 9.08. The summed E-state index contributed by atoms with van der Waals surface area (Å²) in [4.78, 5) is 1.35. The predicted octanol–water partition coefficient (Wildman–Crippen LogP) is 3.87. The first-order chi connectivity index (χ1) is 8.76. The lowest BCUT2D eigenvalue weighted by molar-refractivity contribution is 0.563. The Balaban J connectivity index is 2.46. The van der Waals surface area contributed by atoms with Crippen LogP contribution in [0.5, 0.6) is 0 Å². The molecule has 1 atom stereocenters. The van der Waals surface area contributed by atoms with Crippen LogP contribution in [0.4, 0.5) is 0 Å². The summed E-state index contributed by atoms with van der Waals surface area (Å²) in [5.41, 5.74) is 1.33. The zero-order valence-electron chi connectivity index (χ0n) is 11.6. The zero-order valence-corrected chi connectivity index (χ0v) is 12.4. The highest BCUT2D eigenvalue weighted by Crippen LogP contribution is 2.20. The number of hydrogen-bond donors (Lipinski definition) is 1. The molecule has 0 aliphatic heterocycles.